The van der Waals surface area contributed by atoms with Gasteiger partial charge in [-0.05, 0) is 30.7 Å². The molecule has 0 aliphatic carbocycles. The Kier molecular flexibility index (Phi) is 6.04. The fraction of sp³-hybridized carbons (Fsp3) is 0.235. The number of carbonyl (C=O) groups is 1. The fourth-order valence-corrected chi connectivity index (χ4v) is 2.69. The molecule has 122 valence electrons. The lowest BCUT2D eigenvalue weighted by Gasteiger charge is -2.06. The third-order valence-electron chi connectivity index (χ3n) is 3.47. The molecule has 0 fully saturated rings. The Morgan fingerprint density at radius 3 is 2.22 bits per heavy atom. The summed E-state index contributed by atoms with van der Waals surface area (Å²) in [6.45, 7) is 1.33. The summed E-state index contributed by atoms with van der Waals surface area (Å²) in [4.78, 5) is 12.0. The molecular formula is C17H20N2O3S. The first-order valence-corrected chi connectivity index (χ1v) is 8.92. The number of nitrogens with two attached hydrogens (primary N) is 1. The molecule has 0 heterocycles. The van der Waals surface area contributed by atoms with Gasteiger partial charge >= 0.3 is 0 Å². The van der Waals surface area contributed by atoms with Crippen LogP contribution in [0.1, 0.15) is 22.3 Å². The summed E-state index contributed by atoms with van der Waals surface area (Å²) in [7, 11) is -3.64. The Morgan fingerprint density at radius 2 is 1.61 bits per heavy atom. The van der Waals surface area contributed by atoms with Crippen LogP contribution in [0, 0.1) is 0 Å². The third-order valence-corrected chi connectivity index (χ3v) is 4.40. The van der Waals surface area contributed by atoms with E-state index in [-0.39, 0.29) is 10.7 Å². The highest BCUT2D eigenvalue weighted by molar-refractivity contribution is 7.89. The zero-order chi connectivity index (χ0) is 16.7. The lowest BCUT2D eigenvalue weighted by atomic mass is 10.1. The summed E-state index contributed by atoms with van der Waals surface area (Å²) in [5.74, 6) is 0.121. The number of hydrogen-bond acceptors (Lipinski definition) is 4. The highest BCUT2D eigenvalue weighted by Crippen LogP contribution is 2.09. The van der Waals surface area contributed by atoms with Crippen LogP contribution in [0.5, 0.6) is 0 Å². The van der Waals surface area contributed by atoms with E-state index in [2.05, 4.69) is 5.32 Å². The van der Waals surface area contributed by atoms with Crippen LogP contribution in [-0.2, 0) is 16.4 Å². The summed E-state index contributed by atoms with van der Waals surface area (Å²) in [5.41, 5.74) is 1.74. The average molecular weight is 332 g/mol. The normalized spacial score (nSPS) is 11.3. The van der Waals surface area contributed by atoms with Crippen molar-refractivity contribution in [3.05, 3.63) is 65.7 Å². The van der Waals surface area contributed by atoms with Gasteiger partial charge in [-0.15, -0.1) is 0 Å². The van der Waals surface area contributed by atoms with Gasteiger partial charge in [0.25, 0.3) is 0 Å². The molecule has 5 nitrogen and oxygen atoms in total. The van der Waals surface area contributed by atoms with E-state index in [1.54, 1.807) is 12.1 Å². The van der Waals surface area contributed by atoms with Crippen LogP contribution < -0.4 is 10.5 Å². The predicted molar refractivity (Wildman–Crippen MR) is 89.8 cm³/mol. The minimum Gasteiger partial charge on any atom is -0.316 e. The van der Waals surface area contributed by atoms with Gasteiger partial charge in [-0.1, -0.05) is 42.5 Å². The number of benzene rings is 2. The fourth-order valence-electron chi connectivity index (χ4n) is 2.17. The summed E-state index contributed by atoms with van der Waals surface area (Å²) in [6.07, 6.45) is 1.21. The zero-order valence-corrected chi connectivity index (χ0v) is 13.6. The van der Waals surface area contributed by atoms with E-state index in [1.807, 2.05) is 30.3 Å². The van der Waals surface area contributed by atoms with Gasteiger partial charge in [0.2, 0.25) is 10.0 Å². The maximum Gasteiger partial charge on any atom is 0.238 e. The van der Waals surface area contributed by atoms with E-state index in [0.717, 1.165) is 24.1 Å². The Balaban J connectivity index is 1.71. The van der Waals surface area contributed by atoms with E-state index < -0.39 is 10.0 Å². The first-order chi connectivity index (χ1) is 11.0. The first-order valence-electron chi connectivity index (χ1n) is 7.37. The molecule has 2 rings (SSSR count). The minimum atomic E-state index is -3.64. The molecule has 0 aliphatic heterocycles. The van der Waals surface area contributed by atoms with Gasteiger partial charge in [-0.2, -0.15) is 0 Å². The molecule has 6 heteroatoms. The van der Waals surface area contributed by atoms with Gasteiger partial charge in [0, 0.05) is 18.5 Å². The van der Waals surface area contributed by atoms with E-state index >= 15 is 0 Å². The maximum atomic E-state index is 11.9. The Hall–Kier alpha value is -2.02. The molecule has 0 aromatic heterocycles. The average Bonchev–Trinajstić information content (AvgIpc) is 2.55. The first kappa shape index (κ1) is 17.3. The lowest BCUT2D eigenvalue weighted by molar-refractivity contribution is 0.0982. The Bertz CT molecular complexity index is 741. The second-order valence-electron chi connectivity index (χ2n) is 5.23. The van der Waals surface area contributed by atoms with Crippen molar-refractivity contribution in [2.24, 2.45) is 5.14 Å². The van der Waals surface area contributed by atoms with Crippen molar-refractivity contribution in [3.63, 3.8) is 0 Å². The molecule has 0 atom stereocenters. The van der Waals surface area contributed by atoms with Gasteiger partial charge in [-0.25, -0.2) is 13.6 Å². The van der Waals surface area contributed by atoms with E-state index in [9.17, 15) is 13.2 Å². The number of Topliss-reactive ketones (excluding diaryl/α,β-unsaturated/α-hetero) is 1. The SMILES string of the molecule is NS(=O)(=O)c1ccc(CCNCCC(=O)c2ccccc2)cc1. The van der Waals surface area contributed by atoms with Crippen LogP contribution in [0.2, 0.25) is 0 Å². The van der Waals surface area contributed by atoms with Crippen LogP contribution in [-0.4, -0.2) is 27.3 Å². The van der Waals surface area contributed by atoms with Crippen LogP contribution >= 0.6 is 0 Å². The van der Waals surface area contributed by atoms with Crippen molar-refractivity contribution >= 4 is 15.8 Å². The van der Waals surface area contributed by atoms with E-state index in [1.165, 1.54) is 12.1 Å². The monoisotopic (exact) mass is 332 g/mol. The molecule has 3 N–H and O–H groups in total. The molecule has 0 saturated heterocycles. The summed E-state index contributed by atoms with van der Waals surface area (Å²) in [5, 5.41) is 8.27. The molecular weight excluding hydrogens is 312 g/mol. The van der Waals surface area contributed by atoms with Gasteiger partial charge in [0.15, 0.2) is 5.78 Å². The van der Waals surface area contributed by atoms with Gasteiger partial charge in [0.05, 0.1) is 4.90 Å². The minimum absolute atomic E-state index is 0.114. The number of nitrogens with one attached hydrogen (secondary N) is 1. The Morgan fingerprint density at radius 1 is 0.957 bits per heavy atom. The molecule has 23 heavy (non-hydrogen) atoms. The molecule has 0 saturated carbocycles. The zero-order valence-electron chi connectivity index (χ0n) is 12.7. The molecule has 0 bridgehead atoms. The number of sulfonamides is 1. The van der Waals surface area contributed by atoms with Gasteiger partial charge in [-0.3, -0.25) is 4.79 Å². The third kappa shape index (κ3) is 5.59. The molecule has 2 aromatic rings. The largest absolute Gasteiger partial charge is 0.316 e. The number of rotatable bonds is 8. The second kappa shape index (κ2) is 8.01. The van der Waals surface area contributed by atoms with Crippen molar-refractivity contribution in [1.29, 1.82) is 0 Å². The molecule has 0 spiro atoms. The smallest absolute Gasteiger partial charge is 0.238 e. The second-order valence-corrected chi connectivity index (χ2v) is 6.79. The lowest BCUT2D eigenvalue weighted by Crippen LogP contribution is -2.21. The summed E-state index contributed by atoms with van der Waals surface area (Å²) >= 11 is 0. The molecule has 0 unspecified atom stereocenters. The van der Waals surface area contributed by atoms with Crippen molar-refractivity contribution in [2.75, 3.05) is 13.1 Å². The van der Waals surface area contributed by atoms with E-state index in [4.69, 9.17) is 5.14 Å². The van der Waals surface area contributed by atoms with Gasteiger partial charge in [0.1, 0.15) is 0 Å². The van der Waals surface area contributed by atoms with Crippen molar-refractivity contribution in [1.82, 2.24) is 5.32 Å². The van der Waals surface area contributed by atoms with Crippen molar-refractivity contribution in [3.8, 4) is 0 Å². The number of carbonyl (C=O) groups excluding carboxylic acids is 1. The molecule has 0 radical (unpaired) electrons. The topological polar surface area (TPSA) is 89.3 Å². The Labute approximate surface area is 136 Å². The van der Waals surface area contributed by atoms with Crippen LogP contribution in [0.25, 0.3) is 0 Å². The molecule has 0 aliphatic rings. The standard InChI is InChI=1S/C17H20N2O3S/c18-23(21,22)16-8-6-14(7-9-16)10-12-19-13-11-17(20)15-4-2-1-3-5-15/h1-9,19H,10-13H2,(H2,18,21,22). The predicted octanol–water partition coefficient (Wildman–Crippen LogP) is 1.74. The van der Waals surface area contributed by atoms with Gasteiger partial charge < -0.3 is 5.32 Å². The van der Waals surface area contributed by atoms with Crippen LogP contribution in [0.3, 0.4) is 0 Å². The van der Waals surface area contributed by atoms with Crippen molar-refractivity contribution < 1.29 is 13.2 Å². The number of hydrogen-bond donors (Lipinski definition) is 2. The number of primary sulfonamides is 1. The van der Waals surface area contributed by atoms with E-state index in [0.29, 0.717) is 13.0 Å². The van der Waals surface area contributed by atoms with Crippen LogP contribution in [0.15, 0.2) is 59.5 Å². The maximum absolute atomic E-state index is 11.9. The molecule has 0 amide bonds. The highest BCUT2D eigenvalue weighted by Gasteiger charge is 2.07. The molecule has 2 aromatic carbocycles. The van der Waals surface area contributed by atoms with Crippen LogP contribution in [0.4, 0.5) is 0 Å². The highest BCUT2D eigenvalue weighted by atomic mass is 32.2. The quantitative estimate of drug-likeness (QED) is 0.569. The summed E-state index contributed by atoms with van der Waals surface area (Å²) in [6, 6.07) is 15.7. The summed E-state index contributed by atoms with van der Waals surface area (Å²) < 4.78 is 22.3. The number of ketones is 1. The van der Waals surface area contributed by atoms with Crippen molar-refractivity contribution in [2.45, 2.75) is 17.7 Å².